The molecule has 0 radical (unpaired) electrons. The molecule has 1 aromatic carbocycles. The zero-order valence-electron chi connectivity index (χ0n) is 11.4. The number of aryl methyl sites for hydroxylation is 1. The third-order valence-corrected chi connectivity index (χ3v) is 2.72. The van der Waals surface area contributed by atoms with Crippen molar-refractivity contribution in [2.45, 2.75) is 20.1 Å². The summed E-state index contributed by atoms with van der Waals surface area (Å²) in [6.07, 6.45) is 3.86. The summed E-state index contributed by atoms with van der Waals surface area (Å²) in [5, 5.41) is 3.33. The molecular weight excluding hydrogens is 238 g/mol. The maximum Gasteiger partial charge on any atom is 0.207 e. The Hall–Kier alpha value is -2.07. The lowest BCUT2D eigenvalue weighted by atomic mass is 10.2. The highest BCUT2D eigenvalue weighted by molar-refractivity contribution is 5.55. The molecule has 4 nitrogen and oxygen atoms in total. The van der Waals surface area contributed by atoms with Gasteiger partial charge in [-0.05, 0) is 24.6 Å². The summed E-state index contributed by atoms with van der Waals surface area (Å²) in [7, 11) is 1.69. The van der Waals surface area contributed by atoms with Crippen LogP contribution < -0.4 is 5.32 Å². The van der Waals surface area contributed by atoms with Gasteiger partial charge < -0.3 is 14.6 Å². The first-order valence-electron chi connectivity index (χ1n) is 6.22. The Bertz CT molecular complexity index is 560. The highest BCUT2D eigenvalue weighted by Gasteiger charge is 2.05. The van der Waals surface area contributed by atoms with Gasteiger partial charge in [0.2, 0.25) is 5.95 Å². The maximum absolute atomic E-state index is 5.14. The van der Waals surface area contributed by atoms with E-state index in [4.69, 9.17) is 4.74 Å². The minimum absolute atomic E-state index is 0.607. The predicted octanol–water partition coefficient (Wildman–Crippen LogP) is 3.27. The van der Waals surface area contributed by atoms with E-state index in [2.05, 4.69) is 22.9 Å². The van der Waals surface area contributed by atoms with Crippen molar-refractivity contribution in [3.63, 3.8) is 0 Å². The van der Waals surface area contributed by atoms with Crippen LogP contribution in [0.3, 0.4) is 0 Å². The van der Waals surface area contributed by atoms with Crippen LogP contribution in [-0.4, -0.2) is 16.7 Å². The van der Waals surface area contributed by atoms with Gasteiger partial charge in [0.05, 0.1) is 12.3 Å². The number of rotatable bonds is 6. The molecule has 1 heterocycles. The number of benzene rings is 1. The summed E-state index contributed by atoms with van der Waals surface area (Å²) in [6.45, 7) is 7.08. The average molecular weight is 257 g/mol. The molecule has 0 aliphatic carbocycles. The lowest BCUT2D eigenvalue weighted by molar-refractivity contribution is 0.185. The molecule has 100 valence electrons. The summed E-state index contributed by atoms with van der Waals surface area (Å²) < 4.78 is 7.17. The smallest absolute Gasteiger partial charge is 0.207 e. The number of nitrogens with zero attached hydrogens (tertiary/aromatic N) is 2. The molecule has 0 spiro atoms. The van der Waals surface area contributed by atoms with Gasteiger partial charge in [-0.3, -0.25) is 0 Å². The van der Waals surface area contributed by atoms with Crippen molar-refractivity contribution < 1.29 is 4.74 Å². The topological polar surface area (TPSA) is 39.1 Å². The molecule has 1 N–H and O–H groups in total. The molecule has 0 aliphatic rings. The van der Waals surface area contributed by atoms with Crippen molar-refractivity contribution >= 4 is 11.6 Å². The summed E-state index contributed by atoms with van der Waals surface area (Å²) in [5.74, 6) is 0.826. The van der Waals surface area contributed by atoms with Crippen LogP contribution in [0.25, 0.3) is 0 Å². The molecule has 0 unspecified atom stereocenters. The van der Waals surface area contributed by atoms with Gasteiger partial charge in [0.15, 0.2) is 0 Å². The molecule has 0 saturated carbocycles. The Kier molecular flexibility index (Phi) is 4.36. The quantitative estimate of drug-likeness (QED) is 0.807. The minimum Gasteiger partial charge on any atom is -0.380 e. The Balaban J connectivity index is 2.20. The summed E-state index contributed by atoms with van der Waals surface area (Å²) in [4.78, 5) is 4.47. The molecular formula is C15H19N3O. The first kappa shape index (κ1) is 13.4. The molecule has 19 heavy (non-hydrogen) atoms. The van der Waals surface area contributed by atoms with Crippen molar-refractivity contribution in [2.75, 3.05) is 12.4 Å². The first-order chi connectivity index (χ1) is 9.22. The molecule has 1 aromatic heterocycles. The Morgan fingerprint density at radius 2 is 2.32 bits per heavy atom. The monoisotopic (exact) mass is 257 g/mol. The highest BCUT2D eigenvalue weighted by atomic mass is 16.5. The number of anilines is 2. The molecule has 0 aliphatic heterocycles. The fourth-order valence-corrected chi connectivity index (χ4v) is 1.96. The van der Waals surface area contributed by atoms with Gasteiger partial charge in [0.1, 0.15) is 0 Å². The van der Waals surface area contributed by atoms with E-state index in [1.165, 1.54) is 0 Å². The SMILES string of the molecule is C=CCn1cc(C)nc1Nc1cccc(COC)c1. The molecule has 0 fully saturated rings. The van der Waals surface area contributed by atoms with Crippen LogP contribution in [0.1, 0.15) is 11.3 Å². The lowest BCUT2D eigenvalue weighted by Gasteiger charge is -2.09. The van der Waals surface area contributed by atoms with Crippen molar-refractivity contribution in [3.8, 4) is 0 Å². The number of hydrogen-bond donors (Lipinski definition) is 1. The van der Waals surface area contributed by atoms with E-state index in [9.17, 15) is 0 Å². The van der Waals surface area contributed by atoms with E-state index in [0.717, 1.165) is 29.4 Å². The molecule has 2 rings (SSSR count). The van der Waals surface area contributed by atoms with Crippen LogP contribution in [0.5, 0.6) is 0 Å². The van der Waals surface area contributed by atoms with Crippen LogP contribution in [0, 0.1) is 6.92 Å². The number of ether oxygens (including phenoxy) is 1. The maximum atomic E-state index is 5.14. The normalized spacial score (nSPS) is 10.4. The second-order valence-electron chi connectivity index (χ2n) is 4.41. The Labute approximate surface area is 113 Å². The van der Waals surface area contributed by atoms with Gasteiger partial charge in [-0.2, -0.15) is 0 Å². The fourth-order valence-electron chi connectivity index (χ4n) is 1.96. The van der Waals surface area contributed by atoms with Gasteiger partial charge in [-0.25, -0.2) is 4.98 Å². The highest BCUT2D eigenvalue weighted by Crippen LogP contribution is 2.18. The van der Waals surface area contributed by atoms with Crippen LogP contribution in [-0.2, 0) is 17.9 Å². The predicted molar refractivity (Wildman–Crippen MR) is 77.6 cm³/mol. The summed E-state index contributed by atoms with van der Waals surface area (Å²) >= 11 is 0. The number of allylic oxidation sites excluding steroid dienone is 1. The van der Waals surface area contributed by atoms with Crippen LogP contribution >= 0.6 is 0 Å². The van der Waals surface area contributed by atoms with E-state index >= 15 is 0 Å². The number of aromatic nitrogens is 2. The second-order valence-corrected chi connectivity index (χ2v) is 4.41. The third kappa shape index (κ3) is 3.45. The summed E-state index contributed by atoms with van der Waals surface area (Å²) in [5.41, 5.74) is 3.12. The van der Waals surface area contributed by atoms with Crippen LogP contribution in [0.4, 0.5) is 11.6 Å². The van der Waals surface area contributed by atoms with Gasteiger partial charge >= 0.3 is 0 Å². The van der Waals surface area contributed by atoms with E-state index in [-0.39, 0.29) is 0 Å². The van der Waals surface area contributed by atoms with Crippen molar-refractivity contribution in [2.24, 2.45) is 0 Å². The van der Waals surface area contributed by atoms with Crippen LogP contribution in [0.15, 0.2) is 43.1 Å². The number of methoxy groups -OCH3 is 1. The van der Waals surface area contributed by atoms with Crippen molar-refractivity contribution in [1.82, 2.24) is 9.55 Å². The van der Waals surface area contributed by atoms with E-state index in [1.807, 2.05) is 42.0 Å². The van der Waals surface area contributed by atoms with Crippen molar-refractivity contribution in [1.29, 1.82) is 0 Å². The summed E-state index contributed by atoms with van der Waals surface area (Å²) in [6, 6.07) is 8.12. The van der Waals surface area contributed by atoms with E-state index in [0.29, 0.717) is 6.61 Å². The molecule has 0 bridgehead atoms. The first-order valence-corrected chi connectivity index (χ1v) is 6.22. The average Bonchev–Trinajstić information content (AvgIpc) is 2.71. The third-order valence-electron chi connectivity index (χ3n) is 2.72. The molecule has 2 aromatic rings. The fraction of sp³-hybridized carbons (Fsp3) is 0.267. The van der Waals surface area contributed by atoms with Gasteiger partial charge in [-0.15, -0.1) is 6.58 Å². The van der Waals surface area contributed by atoms with E-state index < -0.39 is 0 Å². The number of hydrogen-bond acceptors (Lipinski definition) is 3. The molecule has 0 saturated heterocycles. The zero-order chi connectivity index (χ0) is 13.7. The van der Waals surface area contributed by atoms with Crippen molar-refractivity contribution in [3.05, 3.63) is 54.4 Å². The second kappa shape index (κ2) is 6.20. The van der Waals surface area contributed by atoms with E-state index in [1.54, 1.807) is 7.11 Å². The zero-order valence-corrected chi connectivity index (χ0v) is 11.4. The molecule has 0 atom stereocenters. The Morgan fingerprint density at radius 3 is 3.05 bits per heavy atom. The number of nitrogens with one attached hydrogen (secondary N) is 1. The Morgan fingerprint density at radius 1 is 1.47 bits per heavy atom. The van der Waals surface area contributed by atoms with Gasteiger partial charge in [-0.1, -0.05) is 18.2 Å². The van der Waals surface area contributed by atoms with Gasteiger partial charge in [0, 0.05) is 25.5 Å². The minimum atomic E-state index is 0.607. The number of imidazole rings is 1. The standard InChI is InChI=1S/C15H19N3O/c1-4-8-18-10-12(2)16-15(18)17-14-7-5-6-13(9-14)11-19-3/h4-7,9-10H,1,8,11H2,2-3H3,(H,16,17). The van der Waals surface area contributed by atoms with Crippen LogP contribution in [0.2, 0.25) is 0 Å². The largest absolute Gasteiger partial charge is 0.380 e. The molecule has 0 amide bonds. The lowest BCUT2D eigenvalue weighted by Crippen LogP contribution is -2.02. The molecule has 4 heteroatoms. The van der Waals surface area contributed by atoms with Gasteiger partial charge in [0.25, 0.3) is 0 Å².